The Balaban J connectivity index is 1.91. The third kappa shape index (κ3) is 3.95. The second-order valence-corrected chi connectivity index (χ2v) is 4.99. The van der Waals surface area contributed by atoms with Crippen LogP contribution in [0.5, 0.6) is 5.75 Å². The summed E-state index contributed by atoms with van der Waals surface area (Å²) in [5, 5.41) is 11.7. The number of hydrogen-bond acceptors (Lipinski definition) is 4. The Hall–Kier alpha value is -2.08. The Morgan fingerprint density at radius 2 is 2.05 bits per heavy atom. The zero-order valence-corrected chi connectivity index (χ0v) is 11.9. The molecule has 0 spiro atoms. The van der Waals surface area contributed by atoms with Crippen molar-refractivity contribution < 1.29 is 24.2 Å². The van der Waals surface area contributed by atoms with Gasteiger partial charge in [-0.1, -0.05) is 6.07 Å². The maximum Gasteiger partial charge on any atom is 0.307 e. The molecule has 21 heavy (non-hydrogen) atoms. The Morgan fingerprint density at radius 1 is 1.29 bits per heavy atom. The first-order chi connectivity index (χ1) is 10.1. The predicted octanol–water partition coefficient (Wildman–Crippen LogP) is 1.76. The van der Waals surface area contributed by atoms with Gasteiger partial charge >= 0.3 is 5.97 Å². The molecule has 2 unspecified atom stereocenters. The van der Waals surface area contributed by atoms with E-state index in [1.807, 2.05) is 0 Å². The van der Waals surface area contributed by atoms with E-state index in [0.29, 0.717) is 37.5 Å². The number of carboxylic acids is 1. The Morgan fingerprint density at radius 3 is 2.67 bits per heavy atom. The van der Waals surface area contributed by atoms with Crippen LogP contribution in [0.4, 0.5) is 5.69 Å². The summed E-state index contributed by atoms with van der Waals surface area (Å²) in [6, 6.07) is 7.01. The van der Waals surface area contributed by atoms with Crippen LogP contribution in [0.15, 0.2) is 24.3 Å². The van der Waals surface area contributed by atoms with E-state index in [9.17, 15) is 9.59 Å². The normalized spacial score (nSPS) is 20.4. The molecule has 2 atom stereocenters. The van der Waals surface area contributed by atoms with E-state index in [4.69, 9.17) is 14.6 Å². The highest BCUT2D eigenvalue weighted by molar-refractivity contribution is 5.96. The molecule has 1 aliphatic rings. The average Bonchev–Trinajstić information content (AvgIpc) is 2.37. The van der Waals surface area contributed by atoms with Crippen molar-refractivity contribution in [1.29, 1.82) is 0 Å². The number of aliphatic carboxylic acids is 1. The second-order valence-electron chi connectivity index (χ2n) is 4.99. The van der Waals surface area contributed by atoms with Crippen molar-refractivity contribution in [1.82, 2.24) is 0 Å². The van der Waals surface area contributed by atoms with Gasteiger partial charge in [0.2, 0.25) is 5.91 Å². The van der Waals surface area contributed by atoms with Crippen LogP contribution in [0.3, 0.4) is 0 Å². The van der Waals surface area contributed by atoms with Crippen LogP contribution < -0.4 is 10.1 Å². The Bertz CT molecular complexity index is 517. The molecule has 6 heteroatoms. The van der Waals surface area contributed by atoms with E-state index in [2.05, 4.69) is 5.32 Å². The largest absolute Gasteiger partial charge is 0.491 e. The van der Waals surface area contributed by atoms with Crippen LogP contribution in [0, 0.1) is 11.8 Å². The summed E-state index contributed by atoms with van der Waals surface area (Å²) in [6.07, 6.45) is 1.18. The molecule has 0 bridgehead atoms. The van der Waals surface area contributed by atoms with Gasteiger partial charge in [0.1, 0.15) is 12.4 Å². The zero-order chi connectivity index (χ0) is 15.2. The number of methoxy groups -OCH3 is 1. The molecule has 2 rings (SSSR count). The standard InChI is InChI=1S/C15H19NO5/c1-20-7-8-21-11-4-2-3-10(9-11)16-14(17)12-5-6-13(12)15(18)19/h2-4,9,12-13H,5-8H2,1H3,(H,16,17)(H,18,19). The first-order valence-electron chi connectivity index (χ1n) is 6.87. The Kier molecular flexibility index (Phi) is 5.16. The van der Waals surface area contributed by atoms with E-state index >= 15 is 0 Å². The summed E-state index contributed by atoms with van der Waals surface area (Å²) in [7, 11) is 1.59. The van der Waals surface area contributed by atoms with Crippen molar-refractivity contribution in [2.45, 2.75) is 12.8 Å². The van der Waals surface area contributed by atoms with Crippen LogP contribution >= 0.6 is 0 Å². The molecule has 1 aromatic rings. The molecular formula is C15H19NO5. The molecule has 0 aromatic heterocycles. The van der Waals surface area contributed by atoms with Crippen LogP contribution in [0.1, 0.15) is 12.8 Å². The van der Waals surface area contributed by atoms with Gasteiger partial charge < -0.3 is 19.9 Å². The molecule has 1 fully saturated rings. The smallest absolute Gasteiger partial charge is 0.307 e. The zero-order valence-electron chi connectivity index (χ0n) is 11.9. The van der Waals surface area contributed by atoms with Gasteiger partial charge in [0.15, 0.2) is 0 Å². The minimum absolute atomic E-state index is 0.248. The molecule has 0 saturated heterocycles. The molecule has 1 aliphatic carbocycles. The summed E-state index contributed by atoms with van der Waals surface area (Å²) in [4.78, 5) is 23.0. The van der Waals surface area contributed by atoms with E-state index in [-0.39, 0.29) is 5.91 Å². The van der Waals surface area contributed by atoms with Crippen LogP contribution in [0.2, 0.25) is 0 Å². The van der Waals surface area contributed by atoms with Crippen molar-refractivity contribution in [3.8, 4) is 5.75 Å². The number of benzene rings is 1. The summed E-state index contributed by atoms with van der Waals surface area (Å²) in [5.74, 6) is -1.53. The summed E-state index contributed by atoms with van der Waals surface area (Å²) >= 11 is 0. The maximum absolute atomic E-state index is 12.0. The van der Waals surface area contributed by atoms with Crippen molar-refractivity contribution in [3.63, 3.8) is 0 Å². The fourth-order valence-electron chi connectivity index (χ4n) is 2.25. The van der Waals surface area contributed by atoms with E-state index in [1.165, 1.54) is 0 Å². The molecule has 114 valence electrons. The Labute approximate surface area is 123 Å². The lowest BCUT2D eigenvalue weighted by molar-refractivity contribution is -0.151. The number of ether oxygens (including phenoxy) is 2. The average molecular weight is 293 g/mol. The lowest BCUT2D eigenvalue weighted by atomic mass is 9.73. The van der Waals surface area contributed by atoms with Crippen LogP contribution in [-0.2, 0) is 14.3 Å². The number of hydrogen-bond donors (Lipinski definition) is 2. The van der Waals surface area contributed by atoms with Crippen LogP contribution in [0.25, 0.3) is 0 Å². The quantitative estimate of drug-likeness (QED) is 0.748. The number of anilines is 1. The van der Waals surface area contributed by atoms with Gasteiger partial charge in [-0.15, -0.1) is 0 Å². The van der Waals surface area contributed by atoms with Gasteiger partial charge in [0.05, 0.1) is 18.4 Å². The fraction of sp³-hybridized carbons (Fsp3) is 0.467. The summed E-state index contributed by atoms with van der Waals surface area (Å²) < 4.78 is 10.4. The highest BCUT2D eigenvalue weighted by Gasteiger charge is 2.41. The van der Waals surface area contributed by atoms with Gasteiger partial charge in [-0.05, 0) is 25.0 Å². The van der Waals surface area contributed by atoms with E-state index < -0.39 is 17.8 Å². The van der Waals surface area contributed by atoms with Gasteiger partial charge in [-0.3, -0.25) is 9.59 Å². The molecule has 6 nitrogen and oxygen atoms in total. The highest BCUT2D eigenvalue weighted by Crippen LogP contribution is 2.35. The highest BCUT2D eigenvalue weighted by atomic mass is 16.5. The first-order valence-corrected chi connectivity index (χ1v) is 6.87. The lowest BCUT2D eigenvalue weighted by Crippen LogP contribution is -2.41. The molecule has 1 aromatic carbocycles. The van der Waals surface area contributed by atoms with Crippen molar-refractivity contribution in [3.05, 3.63) is 24.3 Å². The van der Waals surface area contributed by atoms with Crippen molar-refractivity contribution >= 4 is 17.6 Å². The van der Waals surface area contributed by atoms with Crippen LogP contribution in [-0.4, -0.2) is 37.3 Å². The molecule has 1 amide bonds. The molecular weight excluding hydrogens is 274 g/mol. The maximum atomic E-state index is 12.0. The van der Waals surface area contributed by atoms with Gasteiger partial charge in [0, 0.05) is 18.9 Å². The van der Waals surface area contributed by atoms with Gasteiger partial charge in [-0.2, -0.15) is 0 Å². The van der Waals surface area contributed by atoms with Crippen molar-refractivity contribution in [2.75, 3.05) is 25.6 Å². The SMILES string of the molecule is COCCOc1cccc(NC(=O)C2CCC2C(=O)O)c1. The summed E-state index contributed by atoms with van der Waals surface area (Å²) in [5.41, 5.74) is 0.603. The third-order valence-electron chi connectivity index (χ3n) is 3.59. The number of rotatable bonds is 7. The molecule has 1 saturated carbocycles. The van der Waals surface area contributed by atoms with E-state index in [1.54, 1.807) is 31.4 Å². The minimum atomic E-state index is -0.905. The first kappa shape index (κ1) is 15.3. The molecule has 0 heterocycles. The molecule has 0 aliphatic heterocycles. The molecule has 0 radical (unpaired) electrons. The summed E-state index contributed by atoms with van der Waals surface area (Å²) in [6.45, 7) is 0.913. The number of amides is 1. The third-order valence-corrected chi connectivity index (χ3v) is 3.59. The monoisotopic (exact) mass is 293 g/mol. The fourth-order valence-corrected chi connectivity index (χ4v) is 2.25. The number of carboxylic acid groups (broad SMARTS) is 1. The number of nitrogens with one attached hydrogen (secondary N) is 1. The number of carbonyl (C=O) groups excluding carboxylic acids is 1. The topological polar surface area (TPSA) is 84.9 Å². The predicted molar refractivity (Wildman–Crippen MR) is 76.3 cm³/mol. The van der Waals surface area contributed by atoms with Gasteiger partial charge in [0.25, 0.3) is 0 Å². The lowest BCUT2D eigenvalue weighted by Gasteiger charge is -2.31. The molecule has 2 N–H and O–H groups in total. The second kappa shape index (κ2) is 7.08. The van der Waals surface area contributed by atoms with Gasteiger partial charge in [-0.25, -0.2) is 0 Å². The van der Waals surface area contributed by atoms with E-state index in [0.717, 1.165) is 0 Å². The minimum Gasteiger partial charge on any atom is -0.491 e. The number of carbonyl (C=O) groups is 2. The van der Waals surface area contributed by atoms with Crippen molar-refractivity contribution in [2.24, 2.45) is 11.8 Å².